The lowest BCUT2D eigenvalue weighted by atomic mass is 10.1. The molecule has 1 aromatic carbocycles. The molecule has 2 heterocycles. The number of rotatable bonds is 5. The molecule has 6 nitrogen and oxygen atoms in total. The summed E-state index contributed by atoms with van der Waals surface area (Å²) in [7, 11) is 0. The van der Waals surface area contributed by atoms with Crippen LogP contribution in [0.2, 0.25) is 5.02 Å². The standard InChI is InChI=1S/C18H19ClN2O4/c1-4-11-10(3)21(17(22)15-16(11)25-18(23)20-15)9-12-13(19)7-6-8-14(12)24-5-2/h6-8H,4-5,9H2,1-3H3,(H,20,23). The average molecular weight is 363 g/mol. The molecule has 3 aromatic rings. The van der Waals surface area contributed by atoms with Gasteiger partial charge in [-0.1, -0.05) is 24.6 Å². The predicted molar refractivity (Wildman–Crippen MR) is 96.9 cm³/mol. The highest BCUT2D eigenvalue weighted by Gasteiger charge is 2.19. The lowest BCUT2D eigenvalue weighted by Gasteiger charge is -2.17. The van der Waals surface area contributed by atoms with Gasteiger partial charge in [-0.25, -0.2) is 4.79 Å². The zero-order chi connectivity index (χ0) is 18.1. The van der Waals surface area contributed by atoms with Crippen molar-refractivity contribution < 1.29 is 9.15 Å². The fourth-order valence-corrected chi connectivity index (χ4v) is 3.28. The molecule has 1 N–H and O–H groups in total. The van der Waals surface area contributed by atoms with E-state index < -0.39 is 5.76 Å². The van der Waals surface area contributed by atoms with Gasteiger partial charge in [0.1, 0.15) is 5.75 Å². The van der Waals surface area contributed by atoms with Crippen LogP contribution in [0.25, 0.3) is 11.1 Å². The number of aromatic amines is 1. The fourth-order valence-electron chi connectivity index (χ4n) is 3.05. The normalized spacial score (nSPS) is 11.2. The first kappa shape index (κ1) is 17.4. The Morgan fingerprint density at radius 1 is 1.24 bits per heavy atom. The molecule has 0 spiro atoms. The molecule has 0 bridgehead atoms. The van der Waals surface area contributed by atoms with Gasteiger partial charge in [-0.3, -0.25) is 9.78 Å². The number of halogens is 1. The van der Waals surface area contributed by atoms with Gasteiger partial charge in [-0.2, -0.15) is 0 Å². The van der Waals surface area contributed by atoms with Crippen LogP contribution in [0.1, 0.15) is 30.7 Å². The lowest BCUT2D eigenvalue weighted by molar-refractivity contribution is 0.335. The van der Waals surface area contributed by atoms with E-state index in [0.29, 0.717) is 29.4 Å². The van der Waals surface area contributed by atoms with E-state index in [0.717, 1.165) is 16.8 Å². The summed E-state index contributed by atoms with van der Waals surface area (Å²) in [6, 6.07) is 5.39. The maximum atomic E-state index is 12.9. The van der Waals surface area contributed by atoms with Crippen molar-refractivity contribution in [2.24, 2.45) is 0 Å². The largest absolute Gasteiger partial charge is 0.493 e. The highest BCUT2D eigenvalue weighted by Crippen LogP contribution is 2.28. The van der Waals surface area contributed by atoms with Crippen molar-refractivity contribution in [1.29, 1.82) is 0 Å². The van der Waals surface area contributed by atoms with Crippen LogP contribution in [0.15, 0.2) is 32.2 Å². The summed E-state index contributed by atoms with van der Waals surface area (Å²) in [5.74, 6) is 0.00633. The number of hydrogen-bond acceptors (Lipinski definition) is 4. The van der Waals surface area contributed by atoms with Crippen molar-refractivity contribution in [3.63, 3.8) is 0 Å². The summed E-state index contributed by atoms with van der Waals surface area (Å²) in [5, 5.41) is 0.524. The van der Waals surface area contributed by atoms with E-state index in [1.165, 1.54) is 0 Å². The van der Waals surface area contributed by atoms with E-state index in [1.807, 2.05) is 26.8 Å². The molecule has 0 atom stereocenters. The lowest BCUT2D eigenvalue weighted by Crippen LogP contribution is -2.25. The molecule has 0 aliphatic carbocycles. The monoisotopic (exact) mass is 362 g/mol. The molecule has 7 heteroatoms. The Balaban J connectivity index is 2.24. The summed E-state index contributed by atoms with van der Waals surface area (Å²) in [6.45, 7) is 6.42. The van der Waals surface area contributed by atoms with Crippen LogP contribution in [-0.2, 0) is 13.0 Å². The Hall–Kier alpha value is -2.47. The molecule has 0 aliphatic rings. The number of H-pyrrole nitrogens is 1. The number of nitrogens with one attached hydrogen (secondary N) is 1. The van der Waals surface area contributed by atoms with E-state index in [4.69, 9.17) is 20.8 Å². The Morgan fingerprint density at radius 2 is 2.00 bits per heavy atom. The molecule has 3 rings (SSSR count). The summed E-state index contributed by atoms with van der Waals surface area (Å²) < 4.78 is 12.4. The van der Waals surface area contributed by atoms with E-state index in [9.17, 15) is 9.59 Å². The molecule has 0 saturated carbocycles. The second-order valence-corrected chi connectivity index (χ2v) is 6.08. The van der Waals surface area contributed by atoms with Crippen LogP contribution in [0.5, 0.6) is 5.75 Å². The van der Waals surface area contributed by atoms with Gasteiger partial charge < -0.3 is 13.7 Å². The van der Waals surface area contributed by atoms with Gasteiger partial charge in [0.15, 0.2) is 11.1 Å². The van der Waals surface area contributed by atoms with Crippen LogP contribution in [-0.4, -0.2) is 16.2 Å². The number of hydrogen-bond donors (Lipinski definition) is 1. The minimum Gasteiger partial charge on any atom is -0.493 e. The molecule has 0 radical (unpaired) electrons. The van der Waals surface area contributed by atoms with Crippen molar-refractivity contribution in [1.82, 2.24) is 9.55 Å². The molecule has 132 valence electrons. The van der Waals surface area contributed by atoms with Crippen molar-refractivity contribution in [2.75, 3.05) is 6.61 Å². The zero-order valence-corrected chi connectivity index (χ0v) is 15.1. The van der Waals surface area contributed by atoms with Gasteiger partial charge >= 0.3 is 5.76 Å². The highest BCUT2D eigenvalue weighted by molar-refractivity contribution is 6.31. The van der Waals surface area contributed by atoms with Gasteiger partial charge in [-0.05, 0) is 32.4 Å². The maximum Gasteiger partial charge on any atom is 0.417 e. The number of ether oxygens (including phenoxy) is 1. The van der Waals surface area contributed by atoms with Gasteiger partial charge in [-0.15, -0.1) is 0 Å². The highest BCUT2D eigenvalue weighted by atomic mass is 35.5. The third-order valence-corrected chi connectivity index (χ3v) is 4.62. The SMILES string of the molecule is CCOc1cccc(Cl)c1Cn1c(C)c(CC)c2oc(=O)[nH]c2c1=O. The summed E-state index contributed by atoms with van der Waals surface area (Å²) in [5.41, 5.74) is 2.47. The van der Waals surface area contributed by atoms with Crippen molar-refractivity contribution >= 4 is 22.7 Å². The van der Waals surface area contributed by atoms with Crippen molar-refractivity contribution in [2.45, 2.75) is 33.7 Å². The Labute approximate surface area is 149 Å². The second-order valence-electron chi connectivity index (χ2n) is 5.68. The quantitative estimate of drug-likeness (QED) is 0.755. The molecule has 25 heavy (non-hydrogen) atoms. The summed E-state index contributed by atoms with van der Waals surface area (Å²) >= 11 is 6.34. The van der Waals surface area contributed by atoms with E-state index in [-0.39, 0.29) is 17.6 Å². The first-order valence-electron chi connectivity index (χ1n) is 8.13. The van der Waals surface area contributed by atoms with Gasteiger partial charge in [0.25, 0.3) is 5.56 Å². The minimum atomic E-state index is -0.633. The third-order valence-electron chi connectivity index (χ3n) is 4.27. The van der Waals surface area contributed by atoms with E-state index in [1.54, 1.807) is 16.7 Å². The molecular formula is C18H19ClN2O4. The van der Waals surface area contributed by atoms with Crippen molar-refractivity contribution in [3.8, 4) is 5.75 Å². The summed E-state index contributed by atoms with van der Waals surface area (Å²) in [4.78, 5) is 26.9. The van der Waals surface area contributed by atoms with Crippen LogP contribution >= 0.6 is 11.6 Å². The molecule has 0 fully saturated rings. The number of aromatic nitrogens is 2. The Morgan fingerprint density at radius 3 is 2.68 bits per heavy atom. The number of aryl methyl sites for hydroxylation is 1. The molecule has 0 amide bonds. The Bertz CT molecular complexity index is 1050. The Kier molecular flexibility index (Phi) is 4.72. The fraction of sp³-hybridized carbons (Fsp3) is 0.333. The number of fused-ring (bicyclic) bond motifs is 1. The molecule has 0 saturated heterocycles. The van der Waals surface area contributed by atoms with Crippen molar-refractivity contribution in [3.05, 3.63) is 60.9 Å². The zero-order valence-electron chi connectivity index (χ0n) is 14.3. The number of benzene rings is 1. The third kappa shape index (κ3) is 2.98. The molecule has 2 aromatic heterocycles. The topological polar surface area (TPSA) is 77.2 Å². The number of nitrogens with zero attached hydrogens (tertiary/aromatic N) is 1. The van der Waals surface area contributed by atoms with E-state index >= 15 is 0 Å². The first-order chi connectivity index (χ1) is 12.0. The number of pyridine rings is 1. The summed E-state index contributed by atoms with van der Waals surface area (Å²) in [6.07, 6.45) is 0.629. The van der Waals surface area contributed by atoms with Gasteiger partial charge in [0.2, 0.25) is 0 Å². The van der Waals surface area contributed by atoms with Crippen LogP contribution in [0.3, 0.4) is 0 Å². The first-order valence-corrected chi connectivity index (χ1v) is 8.51. The average Bonchev–Trinajstić information content (AvgIpc) is 2.96. The predicted octanol–water partition coefficient (Wildman–Crippen LogP) is 3.25. The van der Waals surface area contributed by atoms with Crippen LogP contribution in [0.4, 0.5) is 0 Å². The number of oxazole rings is 1. The van der Waals surface area contributed by atoms with Crippen LogP contribution in [0, 0.1) is 6.92 Å². The van der Waals surface area contributed by atoms with Gasteiger partial charge in [0.05, 0.1) is 13.2 Å². The van der Waals surface area contributed by atoms with E-state index in [2.05, 4.69) is 4.98 Å². The maximum absolute atomic E-state index is 12.9. The molecule has 0 aliphatic heterocycles. The van der Waals surface area contributed by atoms with Crippen LogP contribution < -0.4 is 16.1 Å². The molecule has 0 unspecified atom stereocenters. The second kappa shape index (κ2) is 6.80. The smallest absolute Gasteiger partial charge is 0.417 e. The van der Waals surface area contributed by atoms with Gasteiger partial charge in [0, 0.05) is 21.8 Å². The molecular weight excluding hydrogens is 344 g/mol. The minimum absolute atomic E-state index is 0.178.